The molecule has 5 nitrogen and oxygen atoms in total. The van der Waals surface area contributed by atoms with Gasteiger partial charge >= 0.3 is 6.09 Å². The van der Waals surface area contributed by atoms with Gasteiger partial charge in [-0.3, -0.25) is 0 Å². The fraction of sp³-hybridized carbons (Fsp3) is 0.944. The van der Waals surface area contributed by atoms with Gasteiger partial charge in [0.15, 0.2) is 8.32 Å². The van der Waals surface area contributed by atoms with E-state index in [2.05, 4.69) is 33.9 Å². The lowest BCUT2D eigenvalue weighted by atomic mass is 9.90. The average molecular weight is 360 g/mol. The van der Waals surface area contributed by atoms with E-state index in [1.165, 1.54) is 0 Å². The number of carbonyl (C=O) groups is 1. The molecular formula is C18H37NO4Si. The van der Waals surface area contributed by atoms with Gasteiger partial charge in [-0.05, 0) is 51.2 Å². The molecule has 6 heteroatoms. The molecule has 0 aliphatic carbocycles. The van der Waals surface area contributed by atoms with Gasteiger partial charge in [0, 0.05) is 32.2 Å². The lowest BCUT2D eigenvalue weighted by Gasteiger charge is -2.41. The Morgan fingerprint density at radius 3 is 2.12 bits per heavy atom. The Balaban J connectivity index is 2.70. The highest BCUT2D eigenvalue weighted by Gasteiger charge is 2.39. The highest BCUT2D eigenvalue weighted by atomic mass is 28.4. The Labute approximate surface area is 148 Å². The highest BCUT2D eigenvalue weighted by molar-refractivity contribution is 6.74. The molecule has 2 unspecified atom stereocenters. The average Bonchev–Trinajstić information content (AvgIpc) is 2.41. The summed E-state index contributed by atoms with van der Waals surface area (Å²) >= 11 is 0. The predicted molar refractivity (Wildman–Crippen MR) is 99.6 cm³/mol. The number of amides is 1. The van der Waals surface area contributed by atoms with Gasteiger partial charge in [-0.1, -0.05) is 20.8 Å². The van der Waals surface area contributed by atoms with Gasteiger partial charge in [-0.25, -0.2) is 4.79 Å². The number of nitrogens with zero attached hydrogens (tertiary/aromatic N) is 1. The van der Waals surface area contributed by atoms with Gasteiger partial charge in [0.25, 0.3) is 0 Å². The zero-order valence-electron chi connectivity index (χ0n) is 16.8. The van der Waals surface area contributed by atoms with E-state index in [4.69, 9.17) is 9.16 Å². The van der Waals surface area contributed by atoms with Crippen LogP contribution in [-0.2, 0) is 9.16 Å². The van der Waals surface area contributed by atoms with Crippen molar-refractivity contribution >= 4 is 14.4 Å². The fourth-order valence-electron chi connectivity index (χ4n) is 2.59. The molecule has 1 N–H and O–H groups in total. The maximum absolute atomic E-state index is 12.4. The normalized spacial score (nSPS) is 23.3. The van der Waals surface area contributed by atoms with Gasteiger partial charge in [-0.2, -0.15) is 0 Å². The highest BCUT2D eigenvalue weighted by Crippen LogP contribution is 2.37. The summed E-state index contributed by atoms with van der Waals surface area (Å²) < 4.78 is 11.8. The summed E-state index contributed by atoms with van der Waals surface area (Å²) in [4.78, 5) is 14.1. The second-order valence-corrected chi connectivity index (χ2v) is 14.4. The minimum absolute atomic E-state index is 0.0931. The lowest BCUT2D eigenvalue weighted by Crippen LogP contribution is -2.49. The molecule has 0 saturated carbocycles. The molecule has 0 spiro atoms. The van der Waals surface area contributed by atoms with Crippen molar-refractivity contribution < 1.29 is 19.1 Å². The third kappa shape index (κ3) is 6.37. The number of aliphatic hydroxyl groups excluding tert-OH is 1. The van der Waals surface area contributed by atoms with Crippen LogP contribution in [0, 0.1) is 11.8 Å². The second kappa shape index (κ2) is 7.75. The van der Waals surface area contributed by atoms with Crippen LogP contribution in [0.15, 0.2) is 0 Å². The first-order valence-electron chi connectivity index (χ1n) is 8.98. The zero-order valence-corrected chi connectivity index (χ0v) is 17.8. The topological polar surface area (TPSA) is 59.0 Å². The van der Waals surface area contributed by atoms with Gasteiger partial charge in [0.1, 0.15) is 5.60 Å². The predicted octanol–water partition coefficient (Wildman–Crippen LogP) is 3.87. The molecule has 0 bridgehead atoms. The zero-order chi connectivity index (χ0) is 18.8. The smallest absolute Gasteiger partial charge is 0.410 e. The van der Waals surface area contributed by atoms with Crippen molar-refractivity contribution in [2.45, 2.75) is 71.7 Å². The number of aliphatic hydroxyl groups is 1. The molecule has 1 heterocycles. The van der Waals surface area contributed by atoms with Crippen LogP contribution in [0.5, 0.6) is 0 Å². The van der Waals surface area contributed by atoms with Crippen LogP contribution < -0.4 is 0 Å². The molecule has 0 radical (unpaired) electrons. The van der Waals surface area contributed by atoms with Crippen LogP contribution >= 0.6 is 0 Å². The van der Waals surface area contributed by atoms with E-state index in [-0.39, 0.29) is 29.6 Å². The summed E-state index contributed by atoms with van der Waals surface area (Å²) in [6.45, 7) is 18.7. The summed E-state index contributed by atoms with van der Waals surface area (Å²) in [7, 11) is -1.81. The second-order valence-electron chi connectivity index (χ2n) is 9.61. The first-order valence-corrected chi connectivity index (χ1v) is 11.9. The molecule has 142 valence electrons. The van der Waals surface area contributed by atoms with Gasteiger partial charge in [0.2, 0.25) is 0 Å². The Morgan fingerprint density at radius 1 is 1.12 bits per heavy atom. The Kier molecular flexibility index (Phi) is 6.92. The summed E-state index contributed by atoms with van der Waals surface area (Å²) in [5.41, 5.74) is -0.504. The van der Waals surface area contributed by atoms with Gasteiger partial charge in [0.05, 0.1) is 0 Å². The minimum atomic E-state index is -1.81. The molecule has 1 amide bonds. The molecule has 1 rings (SSSR count). The molecule has 1 aliphatic rings. The Morgan fingerprint density at radius 2 is 1.67 bits per heavy atom. The molecular weight excluding hydrogens is 322 g/mol. The van der Waals surface area contributed by atoms with E-state index in [9.17, 15) is 9.90 Å². The Bertz CT molecular complexity index is 426. The van der Waals surface area contributed by atoms with Crippen molar-refractivity contribution in [1.82, 2.24) is 4.90 Å². The van der Waals surface area contributed by atoms with E-state index in [0.29, 0.717) is 19.7 Å². The first-order chi connectivity index (χ1) is 10.7. The van der Waals surface area contributed by atoms with Crippen molar-refractivity contribution in [3.8, 4) is 0 Å². The number of rotatable bonds is 4. The molecule has 24 heavy (non-hydrogen) atoms. The van der Waals surface area contributed by atoms with Gasteiger partial charge < -0.3 is 19.2 Å². The van der Waals surface area contributed by atoms with Crippen LogP contribution in [0.4, 0.5) is 4.79 Å². The maximum Gasteiger partial charge on any atom is 0.410 e. The summed E-state index contributed by atoms with van der Waals surface area (Å²) in [6, 6.07) is 0. The number of hydrogen-bond donors (Lipinski definition) is 1. The molecule has 0 aromatic carbocycles. The summed E-state index contributed by atoms with van der Waals surface area (Å²) in [5, 5.41) is 9.76. The molecule has 2 atom stereocenters. The van der Waals surface area contributed by atoms with E-state index in [0.717, 1.165) is 6.42 Å². The molecule has 1 saturated heterocycles. The van der Waals surface area contributed by atoms with Crippen molar-refractivity contribution in [1.29, 1.82) is 0 Å². The molecule has 1 fully saturated rings. The lowest BCUT2D eigenvalue weighted by molar-refractivity contribution is 0.000160. The quantitative estimate of drug-likeness (QED) is 0.774. The molecule has 1 aliphatic heterocycles. The SMILES string of the molecule is CC(C)(C)OC(=O)N1CC(CO)CC(CO[Si](C)(C)C(C)(C)C)C1. The Hall–Kier alpha value is -0.593. The standard InChI is InChI=1S/C18H37NO4Si/c1-17(2,3)23-16(21)19-10-14(12-20)9-15(11-19)13-22-24(7,8)18(4,5)6/h14-15,20H,9-13H2,1-8H3. The third-order valence-corrected chi connectivity index (χ3v) is 9.52. The van der Waals surface area contributed by atoms with Crippen molar-refractivity contribution in [2.75, 3.05) is 26.3 Å². The van der Waals surface area contributed by atoms with Crippen LogP contribution in [0.1, 0.15) is 48.0 Å². The molecule has 0 aromatic heterocycles. The number of hydrogen-bond acceptors (Lipinski definition) is 4. The van der Waals surface area contributed by atoms with Crippen LogP contribution in [0.3, 0.4) is 0 Å². The van der Waals surface area contributed by atoms with Crippen molar-refractivity contribution in [3.63, 3.8) is 0 Å². The minimum Gasteiger partial charge on any atom is -0.444 e. The maximum atomic E-state index is 12.4. The first kappa shape index (κ1) is 21.4. The van der Waals surface area contributed by atoms with Crippen LogP contribution in [-0.4, -0.2) is 56.3 Å². The third-order valence-electron chi connectivity index (χ3n) is 5.02. The summed E-state index contributed by atoms with van der Waals surface area (Å²) in [6.07, 6.45) is 0.600. The number of likely N-dealkylation sites (tertiary alicyclic amines) is 1. The summed E-state index contributed by atoms with van der Waals surface area (Å²) in [5.74, 6) is 0.344. The number of piperidine rings is 1. The van der Waals surface area contributed by atoms with Crippen molar-refractivity contribution in [2.24, 2.45) is 11.8 Å². The number of carbonyl (C=O) groups excluding carboxylic acids is 1. The monoisotopic (exact) mass is 359 g/mol. The van der Waals surface area contributed by atoms with Crippen LogP contribution in [0.2, 0.25) is 18.1 Å². The van der Waals surface area contributed by atoms with Crippen molar-refractivity contribution in [3.05, 3.63) is 0 Å². The van der Waals surface area contributed by atoms with E-state index < -0.39 is 13.9 Å². The molecule has 0 aromatic rings. The van der Waals surface area contributed by atoms with Gasteiger partial charge in [-0.15, -0.1) is 0 Å². The fourth-order valence-corrected chi connectivity index (χ4v) is 3.67. The van der Waals surface area contributed by atoms with Crippen LogP contribution in [0.25, 0.3) is 0 Å². The van der Waals surface area contributed by atoms with E-state index >= 15 is 0 Å². The van der Waals surface area contributed by atoms with E-state index in [1.54, 1.807) is 4.90 Å². The largest absolute Gasteiger partial charge is 0.444 e. The van der Waals surface area contributed by atoms with E-state index in [1.807, 2.05) is 20.8 Å². The number of ether oxygens (including phenoxy) is 1.